The van der Waals surface area contributed by atoms with E-state index < -0.39 is 15.6 Å². The number of aliphatic hydroxyl groups is 1. The van der Waals surface area contributed by atoms with Gasteiger partial charge in [0.05, 0.1) is 23.6 Å². The minimum absolute atomic E-state index is 0.164. The van der Waals surface area contributed by atoms with Gasteiger partial charge in [-0.05, 0) is 74.9 Å². The number of hydrogen-bond donors (Lipinski definition) is 1. The van der Waals surface area contributed by atoms with Gasteiger partial charge >= 0.3 is 6.01 Å². The minimum atomic E-state index is -3.72. The number of pyridine rings is 1. The molecule has 10 nitrogen and oxygen atoms in total. The van der Waals surface area contributed by atoms with Crippen LogP contribution < -0.4 is 14.4 Å². The fraction of sp³-hybridized carbons (Fsp3) is 0.464. The van der Waals surface area contributed by atoms with E-state index in [2.05, 4.69) is 19.9 Å². The largest absolute Gasteiger partial charge is 0.497 e. The Morgan fingerprint density at radius 3 is 2.51 bits per heavy atom. The van der Waals surface area contributed by atoms with Crippen molar-refractivity contribution in [1.29, 1.82) is 0 Å². The molecule has 0 amide bonds. The molecule has 39 heavy (non-hydrogen) atoms. The van der Waals surface area contributed by atoms with Crippen molar-refractivity contribution in [2.24, 2.45) is 0 Å². The van der Waals surface area contributed by atoms with E-state index in [9.17, 15) is 13.5 Å². The highest BCUT2D eigenvalue weighted by atomic mass is 32.2. The summed E-state index contributed by atoms with van der Waals surface area (Å²) in [5.74, 6) is 1.35. The van der Waals surface area contributed by atoms with Gasteiger partial charge in [-0.1, -0.05) is 6.07 Å². The third-order valence-electron chi connectivity index (χ3n) is 7.70. The summed E-state index contributed by atoms with van der Waals surface area (Å²) in [5, 5.41) is 11.1. The Labute approximate surface area is 229 Å². The average molecular weight is 554 g/mol. The van der Waals surface area contributed by atoms with Crippen LogP contribution in [-0.4, -0.2) is 72.2 Å². The third-order valence-corrected chi connectivity index (χ3v) is 9.95. The number of methoxy groups -OCH3 is 1. The van der Waals surface area contributed by atoms with Crippen molar-refractivity contribution < 1.29 is 23.0 Å². The molecular formula is C28H35N5O5S. The molecule has 1 N–H and O–H groups in total. The molecule has 2 fully saturated rings. The second-order valence-corrected chi connectivity index (χ2v) is 12.1. The highest BCUT2D eigenvalue weighted by Crippen LogP contribution is 2.35. The molecule has 0 unspecified atom stereocenters. The number of benzene rings is 1. The normalized spacial score (nSPS) is 19.7. The first-order valence-corrected chi connectivity index (χ1v) is 14.7. The molecule has 4 heterocycles. The predicted octanol–water partition coefficient (Wildman–Crippen LogP) is 3.22. The monoisotopic (exact) mass is 553 g/mol. The first-order chi connectivity index (χ1) is 18.7. The van der Waals surface area contributed by atoms with E-state index >= 15 is 0 Å². The Morgan fingerprint density at radius 1 is 1.10 bits per heavy atom. The van der Waals surface area contributed by atoms with Crippen molar-refractivity contribution in [2.75, 3.05) is 38.3 Å². The maximum absolute atomic E-state index is 13.7. The van der Waals surface area contributed by atoms with Gasteiger partial charge in [0.2, 0.25) is 10.0 Å². The molecule has 0 saturated carbocycles. The molecule has 0 aliphatic carbocycles. The summed E-state index contributed by atoms with van der Waals surface area (Å²) in [6.45, 7) is 5.44. The van der Waals surface area contributed by atoms with E-state index in [1.165, 1.54) is 0 Å². The smallest absolute Gasteiger partial charge is 0.318 e. The zero-order chi connectivity index (χ0) is 27.6. The molecule has 0 bridgehead atoms. The topological polar surface area (TPSA) is 118 Å². The van der Waals surface area contributed by atoms with Crippen LogP contribution >= 0.6 is 0 Å². The van der Waals surface area contributed by atoms with Crippen LogP contribution in [0.25, 0.3) is 0 Å². The van der Waals surface area contributed by atoms with Gasteiger partial charge in [-0.15, -0.1) is 0 Å². The molecule has 11 heteroatoms. The molecule has 0 radical (unpaired) electrons. The fourth-order valence-corrected chi connectivity index (χ4v) is 7.72. The van der Waals surface area contributed by atoms with Crippen molar-refractivity contribution >= 4 is 15.8 Å². The number of aromatic nitrogens is 3. The minimum Gasteiger partial charge on any atom is -0.497 e. The van der Waals surface area contributed by atoms with Crippen LogP contribution in [0.4, 0.5) is 5.82 Å². The molecule has 2 aliphatic rings. The second kappa shape index (κ2) is 11.1. The van der Waals surface area contributed by atoms with Gasteiger partial charge in [0, 0.05) is 43.8 Å². The molecule has 5 rings (SSSR count). The van der Waals surface area contributed by atoms with Crippen LogP contribution in [0.2, 0.25) is 0 Å². The van der Waals surface area contributed by atoms with Crippen LogP contribution in [0, 0.1) is 13.8 Å². The van der Waals surface area contributed by atoms with Gasteiger partial charge in [-0.3, -0.25) is 4.98 Å². The molecule has 2 aromatic heterocycles. The zero-order valence-electron chi connectivity index (χ0n) is 22.6. The Morgan fingerprint density at radius 2 is 1.85 bits per heavy atom. The molecular weight excluding hydrogens is 518 g/mol. The van der Waals surface area contributed by atoms with Crippen molar-refractivity contribution in [2.45, 2.75) is 56.1 Å². The highest BCUT2D eigenvalue weighted by molar-refractivity contribution is 7.89. The maximum Gasteiger partial charge on any atom is 0.318 e. The number of rotatable bonds is 8. The fourth-order valence-electron chi connectivity index (χ4n) is 5.63. The number of sulfonamides is 1. The summed E-state index contributed by atoms with van der Waals surface area (Å²) in [6, 6.07) is 8.96. The molecule has 2 saturated heterocycles. The number of nitrogens with zero attached hydrogens (tertiary/aromatic N) is 5. The lowest BCUT2D eigenvalue weighted by molar-refractivity contribution is 0.0113. The first kappa shape index (κ1) is 27.3. The van der Waals surface area contributed by atoms with Crippen LogP contribution in [0.1, 0.15) is 42.4 Å². The molecule has 2 aliphatic heterocycles. The van der Waals surface area contributed by atoms with Gasteiger partial charge in [0.1, 0.15) is 18.2 Å². The van der Waals surface area contributed by atoms with E-state index in [-0.39, 0.29) is 18.7 Å². The Balaban J connectivity index is 1.25. The van der Waals surface area contributed by atoms with Crippen molar-refractivity contribution in [1.82, 2.24) is 19.3 Å². The molecule has 0 spiro atoms. The summed E-state index contributed by atoms with van der Waals surface area (Å²) in [7, 11) is -2.15. The first-order valence-electron chi connectivity index (χ1n) is 13.2. The van der Waals surface area contributed by atoms with Gasteiger partial charge in [-0.25, -0.2) is 13.4 Å². The number of anilines is 1. The number of ether oxygens (including phenoxy) is 2. The molecule has 3 aromatic rings. The average Bonchev–Trinajstić information content (AvgIpc) is 3.42. The summed E-state index contributed by atoms with van der Waals surface area (Å²) < 4.78 is 40.2. The van der Waals surface area contributed by atoms with Gasteiger partial charge in [0.15, 0.2) is 0 Å². The van der Waals surface area contributed by atoms with Gasteiger partial charge in [0.25, 0.3) is 0 Å². The third kappa shape index (κ3) is 5.57. The van der Waals surface area contributed by atoms with E-state index in [1.807, 2.05) is 18.2 Å². The lowest BCUT2D eigenvalue weighted by Crippen LogP contribution is -2.43. The number of hydrogen-bond acceptors (Lipinski definition) is 9. The lowest BCUT2D eigenvalue weighted by Gasteiger charge is -2.38. The number of piperidine rings is 1. The van der Waals surface area contributed by atoms with Crippen LogP contribution in [0.5, 0.6) is 11.8 Å². The van der Waals surface area contributed by atoms with Gasteiger partial charge in [-0.2, -0.15) is 9.29 Å². The Bertz CT molecular complexity index is 1390. The second-order valence-electron chi connectivity index (χ2n) is 10.3. The zero-order valence-corrected chi connectivity index (χ0v) is 23.4. The van der Waals surface area contributed by atoms with Crippen molar-refractivity contribution in [3.05, 3.63) is 65.6 Å². The Kier molecular flexibility index (Phi) is 7.75. The lowest BCUT2D eigenvalue weighted by atomic mass is 9.85. The standard InChI is InChI=1S/C28H35N5O5S/c1-20-16-24(37-3)17-21(2)26(20)39(35,36)33-13-5-7-23(33)19-38-27-30-12-8-25(31-27)32-14-9-28(34,10-15-32)22-6-4-11-29-18-22/h4,6,8,11-12,16-18,23,34H,5,7,9-10,13-15,19H2,1-3H3/t23-/m0/s1. The van der Waals surface area contributed by atoms with Crippen LogP contribution in [0.15, 0.2) is 53.8 Å². The summed E-state index contributed by atoms with van der Waals surface area (Å²) in [4.78, 5) is 15.4. The summed E-state index contributed by atoms with van der Waals surface area (Å²) >= 11 is 0. The maximum atomic E-state index is 13.7. The SMILES string of the molecule is COc1cc(C)c(S(=O)(=O)N2CCC[C@H]2COc2nccc(N3CCC(O)(c4cccnc4)CC3)n2)c(C)c1. The van der Waals surface area contributed by atoms with Crippen LogP contribution in [-0.2, 0) is 15.6 Å². The molecule has 208 valence electrons. The van der Waals surface area contributed by atoms with E-state index in [0.29, 0.717) is 66.5 Å². The van der Waals surface area contributed by atoms with Crippen molar-refractivity contribution in [3.63, 3.8) is 0 Å². The number of aryl methyl sites for hydroxylation is 2. The quantitative estimate of drug-likeness (QED) is 0.449. The van der Waals surface area contributed by atoms with Crippen LogP contribution in [0.3, 0.4) is 0 Å². The van der Waals surface area contributed by atoms with E-state index in [1.54, 1.807) is 56.0 Å². The summed E-state index contributed by atoms with van der Waals surface area (Å²) in [5.41, 5.74) is 1.24. The van der Waals surface area contributed by atoms with E-state index in [4.69, 9.17) is 9.47 Å². The summed E-state index contributed by atoms with van der Waals surface area (Å²) in [6.07, 6.45) is 7.63. The molecule has 1 atom stereocenters. The van der Waals surface area contributed by atoms with E-state index in [0.717, 1.165) is 12.0 Å². The van der Waals surface area contributed by atoms with Crippen molar-refractivity contribution in [3.8, 4) is 11.8 Å². The van der Waals surface area contributed by atoms with Gasteiger partial charge < -0.3 is 19.5 Å². The molecule has 1 aromatic carbocycles. The highest BCUT2D eigenvalue weighted by Gasteiger charge is 2.38. The Hall–Kier alpha value is -3.28. The predicted molar refractivity (Wildman–Crippen MR) is 146 cm³/mol.